The van der Waals surface area contributed by atoms with Crippen molar-refractivity contribution in [2.75, 3.05) is 37.1 Å². The second kappa shape index (κ2) is 8.21. The summed E-state index contributed by atoms with van der Waals surface area (Å²) in [6.07, 6.45) is 0. The third-order valence-electron chi connectivity index (χ3n) is 4.41. The number of hydrogen-bond donors (Lipinski definition) is 1. The van der Waals surface area contributed by atoms with Gasteiger partial charge in [-0.15, -0.1) is 0 Å². The van der Waals surface area contributed by atoms with Gasteiger partial charge in [-0.05, 0) is 38.1 Å². The van der Waals surface area contributed by atoms with E-state index in [9.17, 15) is 9.59 Å². The molecule has 2 aromatic carbocycles. The number of amides is 1. The summed E-state index contributed by atoms with van der Waals surface area (Å²) < 4.78 is 15.9. The van der Waals surface area contributed by atoms with Crippen molar-refractivity contribution in [3.8, 4) is 11.5 Å². The summed E-state index contributed by atoms with van der Waals surface area (Å²) in [7, 11) is 1.53. The van der Waals surface area contributed by atoms with Crippen molar-refractivity contribution < 1.29 is 23.8 Å². The maximum atomic E-state index is 12.8. The molecule has 148 valence electrons. The van der Waals surface area contributed by atoms with Gasteiger partial charge in [0.05, 0.1) is 25.0 Å². The third-order valence-corrected chi connectivity index (χ3v) is 4.41. The van der Waals surface area contributed by atoms with E-state index in [1.54, 1.807) is 23.1 Å². The highest BCUT2D eigenvalue weighted by molar-refractivity contribution is 6.07. The quantitative estimate of drug-likeness (QED) is 0.740. The van der Waals surface area contributed by atoms with Crippen LogP contribution >= 0.6 is 0 Å². The molecule has 0 spiro atoms. The molecule has 28 heavy (non-hydrogen) atoms. The van der Waals surface area contributed by atoms with E-state index in [0.29, 0.717) is 11.5 Å². The first kappa shape index (κ1) is 19.5. The molecule has 0 saturated carbocycles. The molecule has 1 heterocycles. The van der Waals surface area contributed by atoms with Crippen molar-refractivity contribution >= 4 is 23.3 Å². The number of para-hydroxylation sites is 4. The predicted molar refractivity (Wildman–Crippen MR) is 106 cm³/mol. The topological polar surface area (TPSA) is 77.1 Å². The lowest BCUT2D eigenvalue weighted by Crippen LogP contribution is -2.54. The van der Waals surface area contributed by atoms with Crippen LogP contribution in [-0.4, -0.2) is 44.3 Å². The molecule has 0 bridgehead atoms. The number of rotatable bonds is 7. The van der Waals surface area contributed by atoms with Crippen LogP contribution in [-0.2, 0) is 14.3 Å². The number of nitrogens with one attached hydrogen (secondary N) is 1. The second-order valence-electron chi connectivity index (χ2n) is 6.88. The number of benzene rings is 2. The second-order valence-corrected chi connectivity index (χ2v) is 6.88. The number of esters is 1. The minimum atomic E-state index is -0.731. The Labute approximate surface area is 164 Å². The SMILES string of the molecule is COc1ccccc1OCC(=O)OCCN1C(=O)C(C)(C)Nc2ccccc21. The highest BCUT2D eigenvalue weighted by Crippen LogP contribution is 2.34. The van der Waals surface area contributed by atoms with E-state index in [1.807, 2.05) is 44.2 Å². The molecular formula is C21H24N2O5. The summed E-state index contributed by atoms with van der Waals surface area (Å²) in [6, 6.07) is 14.6. The fourth-order valence-corrected chi connectivity index (χ4v) is 3.04. The molecule has 0 saturated heterocycles. The Kier molecular flexibility index (Phi) is 5.73. The van der Waals surface area contributed by atoms with Gasteiger partial charge in [0.2, 0.25) is 0 Å². The molecule has 2 aromatic rings. The van der Waals surface area contributed by atoms with Crippen molar-refractivity contribution in [2.45, 2.75) is 19.4 Å². The maximum Gasteiger partial charge on any atom is 0.344 e. The molecule has 0 fully saturated rings. The van der Waals surface area contributed by atoms with Crippen LogP contribution in [0, 0.1) is 0 Å². The molecule has 0 aromatic heterocycles. The normalized spacial score (nSPS) is 14.7. The number of fused-ring (bicyclic) bond motifs is 1. The molecule has 7 nitrogen and oxygen atoms in total. The molecule has 0 aliphatic carbocycles. The lowest BCUT2D eigenvalue weighted by Gasteiger charge is -2.39. The molecule has 1 aliphatic heterocycles. The van der Waals surface area contributed by atoms with Gasteiger partial charge in [0, 0.05) is 0 Å². The zero-order valence-corrected chi connectivity index (χ0v) is 16.2. The third kappa shape index (κ3) is 4.19. The van der Waals surface area contributed by atoms with E-state index in [4.69, 9.17) is 14.2 Å². The smallest absolute Gasteiger partial charge is 0.344 e. The zero-order chi connectivity index (χ0) is 20.1. The molecule has 1 amide bonds. The first-order valence-corrected chi connectivity index (χ1v) is 9.03. The van der Waals surface area contributed by atoms with Crippen LogP contribution < -0.4 is 19.7 Å². The van der Waals surface area contributed by atoms with Crippen LogP contribution in [0.3, 0.4) is 0 Å². The van der Waals surface area contributed by atoms with Crippen LogP contribution in [0.4, 0.5) is 11.4 Å². The van der Waals surface area contributed by atoms with Gasteiger partial charge in [-0.3, -0.25) is 4.79 Å². The Morgan fingerprint density at radius 3 is 2.50 bits per heavy atom. The molecule has 0 atom stereocenters. The van der Waals surface area contributed by atoms with Crippen LogP contribution in [0.25, 0.3) is 0 Å². The van der Waals surface area contributed by atoms with Crippen molar-refractivity contribution in [1.82, 2.24) is 0 Å². The number of ether oxygens (including phenoxy) is 3. The van der Waals surface area contributed by atoms with Crippen molar-refractivity contribution in [1.29, 1.82) is 0 Å². The number of carbonyl (C=O) groups excluding carboxylic acids is 2. The summed E-state index contributed by atoms with van der Waals surface area (Å²) >= 11 is 0. The average Bonchev–Trinajstić information content (AvgIpc) is 2.69. The fraction of sp³-hybridized carbons (Fsp3) is 0.333. The lowest BCUT2D eigenvalue weighted by atomic mass is 9.98. The van der Waals surface area contributed by atoms with Gasteiger partial charge in [0.15, 0.2) is 18.1 Å². The molecule has 1 N–H and O–H groups in total. The molecule has 3 rings (SSSR count). The first-order valence-electron chi connectivity index (χ1n) is 9.03. The molecular weight excluding hydrogens is 360 g/mol. The van der Waals surface area contributed by atoms with Crippen LogP contribution in [0.2, 0.25) is 0 Å². The Morgan fingerprint density at radius 2 is 1.75 bits per heavy atom. The van der Waals surface area contributed by atoms with Gasteiger partial charge in [-0.2, -0.15) is 0 Å². The number of anilines is 2. The van der Waals surface area contributed by atoms with Gasteiger partial charge in [0.25, 0.3) is 5.91 Å². The summed E-state index contributed by atoms with van der Waals surface area (Å²) in [4.78, 5) is 26.4. The Morgan fingerprint density at radius 1 is 1.07 bits per heavy atom. The van der Waals surface area contributed by atoms with Crippen LogP contribution in [0.15, 0.2) is 48.5 Å². The summed E-state index contributed by atoms with van der Waals surface area (Å²) in [6.45, 7) is 3.75. The number of carbonyl (C=O) groups is 2. The number of hydrogen-bond acceptors (Lipinski definition) is 6. The van der Waals surface area contributed by atoms with E-state index in [-0.39, 0.29) is 25.7 Å². The average molecular weight is 384 g/mol. The van der Waals surface area contributed by atoms with Crippen LogP contribution in [0.1, 0.15) is 13.8 Å². The fourth-order valence-electron chi connectivity index (χ4n) is 3.04. The summed E-state index contributed by atoms with van der Waals surface area (Å²) in [5, 5.41) is 3.23. The molecule has 0 radical (unpaired) electrons. The monoisotopic (exact) mass is 384 g/mol. The molecule has 1 aliphatic rings. The highest BCUT2D eigenvalue weighted by Gasteiger charge is 2.38. The van der Waals surface area contributed by atoms with Gasteiger partial charge < -0.3 is 24.4 Å². The van der Waals surface area contributed by atoms with Gasteiger partial charge in [-0.1, -0.05) is 24.3 Å². The largest absolute Gasteiger partial charge is 0.493 e. The van der Waals surface area contributed by atoms with E-state index >= 15 is 0 Å². The highest BCUT2D eigenvalue weighted by atomic mass is 16.6. The van der Waals surface area contributed by atoms with Gasteiger partial charge >= 0.3 is 5.97 Å². The van der Waals surface area contributed by atoms with E-state index < -0.39 is 11.5 Å². The van der Waals surface area contributed by atoms with Crippen molar-refractivity contribution in [2.24, 2.45) is 0 Å². The standard InChI is InChI=1S/C21H24N2O5/c1-21(2)20(25)23(16-9-5-4-8-15(16)22-21)12-13-27-19(24)14-28-18-11-7-6-10-17(18)26-3/h4-11,22H,12-14H2,1-3H3. The maximum absolute atomic E-state index is 12.8. The predicted octanol–water partition coefficient (Wildman–Crippen LogP) is 2.85. The Balaban J connectivity index is 1.55. The summed E-state index contributed by atoms with van der Waals surface area (Å²) in [5.41, 5.74) is 0.914. The van der Waals surface area contributed by atoms with E-state index in [2.05, 4.69) is 5.32 Å². The number of methoxy groups -OCH3 is 1. The van der Waals surface area contributed by atoms with Gasteiger partial charge in [0.1, 0.15) is 12.1 Å². The molecule has 0 unspecified atom stereocenters. The summed E-state index contributed by atoms with van der Waals surface area (Å²) in [5.74, 6) is 0.420. The van der Waals surface area contributed by atoms with Crippen LogP contribution in [0.5, 0.6) is 11.5 Å². The first-order chi connectivity index (χ1) is 13.4. The minimum absolute atomic E-state index is 0.0737. The van der Waals surface area contributed by atoms with E-state index in [0.717, 1.165) is 11.4 Å². The Hall–Kier alpha value is -3.22. The van der Waals surface area contributed by atoms with Crippen molar-refractivity contribution in [3.05, 3.63) is 48.5 Å². The zero-order valence-electron chi connectivity index (χ0n) is 16.2. The molecule has 7 heteroatoms. The number of nitrogens with zero attached hydrogens (tertiary/aromatic N) is 1. The minimum Gasteiger partial charge on any atom is -0.493 e. The van der Waals surface area contributed by atoms with E-state index in [1.165, 1.54) is 7.11 Å². The Bertz CT molecular complexity index is 865. The van der Waals surface area contributed by atoms with Crippen molar-refractivity contribution in [3.63, 3.8) is 0 Å². The lowest BCUT2D eigenvalue weighted by molar-refractivity contribution is -0.146. The van der Waals surface area contributed by atoms with Gasteiger partial charge in [-0.25, -0.2) is 4.79 Å².